The second-order valence-electron chi connectivity index (χ2n) is 5.64. The number of rotatable bonds is 5. The number of carboxylic acid groups (broad SMARTS) is 1. The van der Waals surface area contributed by atoms with E-state index in [1.54, 1.807) is 30.3 Å². The average Bonchev–Trinajstić information content (AvgIpc) is 2.90. The molecule has 0 aromatic heterocycles. The fourth-order valence-corrected chi connectivity index (χ4v) is 3.19. The number of carbonyl (C=O) groups is 3. The van der Waals surface area contributed by atoms with Crippen LogP contribution in [0, 0.1) is 5.82 Å². The number of para-hydroxylation sites is 1. The summed E-state index contributed by atoms with van der Waals surface area (Å²) in [7, 11) is 0. The molecule has 1 aliphatic heterocycles. The van der Waals surface area contributed by atoms with E-state index in [9.17, 15) is 18.8 Å². The first kappa shape index (κ1) is 18.7. The van der Waals surface area contributed by atoms with Crippen LogP contribution in [-0.2, 0) is 9.59 Å². The Morgan fingerprint density at radius 2 is 1.85 bits per heavy atom. The van der Waals surface area contributed by atoms with Crippen molar-refractivity contribution in [1.82, 2.24) is 0 Å². The van der Waals surface area contributed by atoms with Gasteiger partial charge in [-0.05, 0) is 54.6 Å². The Hall–Kier alpha value is -3.13. The van der Waals surface area contributed by atoms with Gasteiger partial charge in [0.05, 0.1) is 10.6 Å². The number of halogens is 1. The summed E-state index contributed by atoms with van der Waals surface area (Å²) in [6, 6.07) is 11.9. The number of hydrogen-bond donors (Lipinski definition) is 1. The molecule has 1 fully saturated rings. The molecule has 0 bridgehead atoms. The Kier molecular flexibility index (Phi) is 5.27. The second-order valence-corrected chi connectivity index (χ2v) is 6.63. The molecule has 2 aromatic carbocycles. The third-order valence-corrected chi connectivity index (χ3v) is 4.60. The van der Waals surface area contributed by atoms with Gasteiger partial charge >= 0.3 is 5.97 Å². The average molecular weight is 387 g/mol. The molecule has 0 radical (unpaired) electrons. The van der Waals surface area contributed by atoms with Crippen LogP contribution in [0.2, 0.25) is 0 Å². The normalized spacial score (nSPS) is 16.7. The first-order chi connectivity index (χ1) is 12.9. The molecule has 2 amide bonds. The zero-order chi connectivity index (χ0) is 19.6. The van der Waals surface area contributed by atoms with Crippen LogP contribution in [0.25, 0.3) is 6.08 Å². The van der Waals surface area contributed by atoms with E-state index in [1.165, 1.54) is 31.2 Å². The van der Waals surface area contributed by atoms with Crippen LogP contribution >= 0.6 is 11.8 Å². The molecule has 1 aliphatic rings. The van der Waals surface area contributed by atoms with Crippen molar-refractivity contribution in [3.63, 3.8) is 0 Å². The number of thioether (sulfide) groups is 1. The molecule has 1 N–H and O–H groups in total. The van der Waals surface area contributed by atoms with Crippen LogP contribution in [0.15, 0.2) is 53.4 Å². The fourth-order valence-electron chi connectivity index (χ4n) is 2.36. The van der Waals surface area contributed by atoms with Gasteiger partial charge in [-0.2, -0.15) is 0 Å². The van der Waals surface area contributed by atoms with Gasteiger partial charge in [0.1, 0.15) is 11.6 Å². The van der Waals surface area contributed by atoms with Gasteiger partial charge in [0.25, 0.3) is 11.1 Å². The maximum Gasteiger partial charge on any atom is 0.344 e. The van der Waals surface area contributed by atoms with E-state index in [4.69, 9.17) is 9.84 Å². The van der Waals surface area contributed by atoms with Crippen molar-refractivity contribution < 1.29 is 28.6 Å². The first-order valence-corrected chi connectivity index (χ1v) is 8.70. The number of anilines is 1. The maximum atomic E-state index is 13.9. The molecule has 0 aliphatic carbocycles. The van der Waals surface area contributed by atoms with Gasteiger partial charge in [-0.15, -0.1) is 0 Å². The Morgan fingerprint density at radius 3 is 2.48 bits per heavy atom. The van der Waals surface area contributed by atoms with Crippen LogP contribution in [0.1, 0.15) is 12.5 Å². The lowest BCUT2D eigenvalue weighted by molar-refractivity contribution is -0.144. The van der Waals surface area contributed by atoms with Crippen LogP contribution in [0.5, 0.6) is 5.75 Å². The predicted molar refractivity (Wildman–Crippen MR) is 99.0 cm³/mol. The minimum atomic E-state index is -1.08. The van der Waals surface area contributed by atoms with Crippen molar-refractivity contribution in [3.8, 4) is 5.75 Å². The number of aliphatic carboxylic acids is 1. The van der Waals surface area contributed by atoms with E-state index in [1.807, 2.05) is 0 Å². The lowest BCUT2D eigenvalue weighted by atomic mass is 10.2. The van der Waals surface area contributed by atoms with Gasteiger partial charge in [0.15, 0.2) is 6.10 Å². The van der Waals surface area contributed by atoms with Gasteiger partial charge < -0.3 is 9.84 Å². The van der Waals surface area contributed by atoms with Crippen LogP contribution < -0.4 is 9.64 Å². The zero-order valence-corrected chi connectivity index (χ0v) is 14.9. The largest absolute Gasteiger partial charge is 0.479 e. The summed E-state index contributed by atoms with van der Waals surface area (Å²) >= 11 is 0.722. The summed E-state index contributed by atoms with van der Waals surface area (Å²) < 4.78 is 19.1. The quantitative estimate of drug-likeness (QED) is 0.783. The molecule has 1 saturated heterocycles. The fraction of sp³-hybridized carbons (Fsp3) is 0.105. The number of carbonyl (C=O) groups excluding carboxylic acids is 2. The van der Waals surface area contributed by atoms with Crippen LogP contribution in [-0.4, -0.2) is 28.3 Å². The number of benzene rings is 2. The van der Waals surface area contributed by atoms with Crippen molar-refractivity contribution in [2.24, 2.45) is 0 Å². The molecule has 3 rings (SSSR count). The Morgan fingerprint density at radius 1 is 1.19 bits per heavy atom. The molecule has 2 aromatic rings. The van der Waals surface area contributed by atoms with Crippen molar-refractivity contribution >= 4 is 40.6 Å². The molecule has 6 nitrogen and oxygen atoms in total. The van der Waals surface area contributed by atoms with Crippen molar-refractivity contribution in [2.45, 2.75) is 13.0 Å². The number of ether oxygens (including phenoxy) is 1. The zero-order valence-electron chi connectivity index (χ0n) is 14.1. The maximum absolute atomic E-state index is 13.9. The number of nitrogens with zero attached hydrogens (tertiary/aromatic N) is 1. The van der Waals surface area contributed by atoms with E-state index < -0.39 is 29.0 Å². The van der Waals surface area contributed by atoms with Crippen molar-refractivity contribution in [1.29, 1.82) is 0 Å². The topological polar surface area (TPSA) is 83.9 Å². The van der Waals surface area contributed by atoms with Crippen molar-refractivity contribution in [2.75, 3.05) is 4.90 Å². The predicted octanol–water partition coefficient (Wildman–Crippen LogP) is 3.92. The summed E-state index contributed by atoms with van der Waals surface area (Å²) in [6.07, 6.45) is 0.518. The van der Waals surface area contributed by atoms with E-state index in [2.05, 4.69) is 0 Å². The third-order valence-electron chi connectivity index (χ3n) is 3.73. The van der Waals surface area contributed by atoms with Gasteiger partial charge in [0, 0.05) is 0 Å². The molecular formula is C19H14FNO5S. The summed E-state index contributed by atoms with van der Waals surface area (Å²) in [6.45, 7) is 1.41. The lowest BCUT2D eigenvalue weighted by Gasteiger charge is -2.12. The molecule has 0 spiro atoms. The molecule has 1 atom stereocenters. The van der Waals surface area contributed by atoms with Gasteiger partial charge in [-0.3, -0.25) is 9.59 Å². The monoisotopic (exact) mass is 387 g/mol. The second kappa shape index (κ2) is 7.63. The molecule has 1 unspecified atom stereocenters. The number of amides is 2. The summed E-state index contributed by atoms with van der Waals surface area (Å²) in [4.78, 5) is 36.4. The summed E-state index contributed by atoms with van der Waals surface area (Å²) in [5.41, 5.74) is 0.527. The van der Waals surface area contributed by atoms with Crippen molar-refractivity contribution in [3.05, 3.63) is 64.8 Å². The Balaban J connectivity index is 1.80. The molecule has 0 saturated carbocycles. The molecular weight excluding hydrogens is 373 g/mol. The first-order valence-electron chi connectivity index (χ1n) is 7.89. The van der Waals surface area contributed by atoms with Gasteiger partial charge in [-0.25, -0.2) is 14.1 Å². The van der Waals surface area contributed by atoms with E-state index in [0.717, 1.165) is 16.7 Å². The highest BCUT2D eigenvalue weighted by Gasteiger charge is 2.37. The minimum absolute atomic E-state index is 0.0881. The number of carboxylic acids is 1. The third kappa shape index (κ3) is 4.01. The summed E-state index contributed by atoms with van der Waals surface area (Å²) in [5, 5.41) is 8.26. The van der Waals surface area contributed by atoms with E-state index >= 15 is 0 Å². The van der Waals surface area contributed by atoms with Gasteiger partial charge in [0.2, 0.25) is 0 Å². The smallest absolute Gasteiger partial charge is 0.344 e. The molecule has 8 heteroatoms. The highest BCUT2D eigenvalue weighted by molar-refractivity contribution is 8.19. The van der Waals surface area contributed by atoms with E-state index in [0.29, 0.717) is 11.3 Å². The Labute approximate surface area is 158 Å². The SMILES string of the molecule is CC(Oc1ccc(/C=C2/SC(=O)N(c3ccccc3F)C2=O)cc1)C(=O)O. The van der Waals surface area contributed by atoms with Gasteiger partial charge in [-0.1, -0.05) is 24.3 Å². The molecule has 1 heterocycles. The molecule has 27 heavy (non-hydrogen) atoms. The number of hydrogen-bond acceptors (Lipinski definition) is 5. The highest BCUT2D eigenvalue weighted by Crippen LogP contribution is 2.36. The van der Waals surface area contributed by atoms with Crippen LogP contribution in [0.4, 0.5) is 14.9 Å². The van der Waals surface area contributed by atoms with E-state index in [-0.39, 0.29) is 10.6 Å². The highest BCUT2D eigenvalue weighted by atomic mass is 32.2. The van der Waals surface area contributed by atoms with Crippen LogP contribution in [0.3, 0.4) is 0 Å². The standard InChI is InChI=1S/C19H14FNO5S/c1-11(18(23)24)26-13-8-6-12(7-9-13)10-16-17(22)21(19(25)27-16)15-5-3-2-4-14(15)20/h2-11H,1H3,(H,23,24)/b16-10+. The minimum Gasteiger partial charge on any atom is -0.479 e. The lowest BCUT2D eigenvalue weighted by Crippen LogP contribution is -2.28. The molecule has 138 valence electrons. The number of imide groups is 1. The summed E-state index contributed by atoms with van der Waals surface area (Å²) in [5.74, 6) is -1.98. The Bertz CT molecular complexity index is 941.